The summed E-state index contributed by atoms with van der Waals surface area (Å²) in [5.74, 6) is -0.209. The van der Waals surface area contributed by atoms with Crippen LogP contribution in [-0.4, -0.2) is 30.0 Å². The number of methoxy groups -OCH3 is 1. The fraction of sp³-hybridized carbons (Fsp3) is 0.360. The van der Waals surface area contributed by atoms with Crippen LogP contribution >= 0.6 is 0 Å². The van der Waals surface area contributed by atoms with Crippen molar-refractivity contribution in [3.8, 4) is 17.0 Å². The zero-order chi connectivity index (χ0) is 21.5. The third kappa shape index (κ3) is 3.40. The summed E-state index contributed by atoms with van der Waals surface area (Å²) in [6, 6.07) is 10.0. The summed E-state index contributed by atoms with van der Waals surface area (Å²) in [6.45, 7) is 0.0189. The van der Waals surface area contributed by atoms with Crippen molar-refractivity contribution in [3.63, 3.8) is 0 Å². The van der Waals surface area contributed by atoms with Gasteiger partial charge in [-0.2, -0.15) is 0 Å². The molecule has 1 fully saturated rings. The van der Waals surface area contributed by atoms with Crippen molar-refractivity contribution in [2.75, 3.05) is 13.7 Å². The van der Waals surface area contributed by atoms with Gasteiger partial charge in [-0.1, -0.05) is 25.3 Å². The van der Waals surface area contributed by atoms with Gasteiger partial charge in [-0.05, 0) is 48.6 Å². The van der Waals surface area contributed by atoms with Gasteiger partial charge in [0.1, 0.15) is 18.2 Å². The van der Waals surface area contributed by atoms with Gasteiger partial charge in [-0.25, -0.2) is 9.18 Å². The number of halogens is 1. The number of carbonyl (C=O) groups excluding carboxylic acids is 2. The van der Waals surface area contributed by atoms with Crippen LogP contribution in [0.2, 0.25) is 0 Å². The topological polar surface area (TPSA) is 57.5 Å². The average molecular weight is 421 g/mol. The molecule has 2 aromatic carbocycles. The van der Waals surface area contributed by atoms with Crippen LogP contribution in [0.3, 0.4) is 0 Å². The number of hydrogen-bond acceptors (Lipinski definition) is 4. The Labute approximate surface area is 179 Å². The van der Waals surface area contributed by atoms with E-state index in [1.54, 1.807) is 18.2 Å². The van der Waals surface area contributed by atoms with Gasteiger partial charge >= 0.3 is 5.97 Å². The van der Waals surface area contributed by atoms with E-state index in [1.807, 2.05) is 10.6 Å². The second-order valence-electron chi connectivity index (χ2n) is 8.37. The van der Waals surface area contributed by atoms with Crippen LogP contribution < -0.4 is 4.74 Å². The van der Waals surface area contributed by atoms with Crippen molar-refractivity contribution in [2.24, 2.45) is 0 Å². The number of esters is 1. The largest absolute Gasteiger partial charge is 0.485 e. The number of ether oxygens (including phenoxy) is 2. The molecule has 1 aromatic heterocycles. The first-order valence-corrected chi connectivity index (χ1v) is 10.8. The number of hydrogen-bond donors (Lipinski definition) is 0. The van der Waals surface area contributed by atoms with Gasteiger partial charge in [-0.15, -0.1) is 0 Å². The maximum atomic E-state index is 14.0. The summed E-state index contributed by atoms with van der Waals surface area (Å²) in [7, 11) is 1.36. The zero-order valence-electron chi connectivity index (χ0n) is 17.4. The quantitative estimate of drug-likeness (QED) is 0.531. The molecule has 1 saturated carbocycles. The standard InChI is InChI=1S/C25H24FNO4/c1-30-25(29)16-7-9-19-21(11-16)27-13-18(28)14-31-22-12-17(26)8-10-20(22)24(27)23(19)15-5-3-2-4-6-15/h7-12,15H,2-6,13-14H2,1H3. The van der Waals surface area contributed by atoms with E-state index in [9.17, 15) is 14.0 Å². The van der Waals surface area contributed by atoms with E-state index < -0.39 is 11.8 Å². The molecule has 6 heteroatoms. The zero-order valence-corrected chi connectivity index (χ0v) is 17.4. The van der Waals surface area contributed by atoms with Gasteiger partial charge in [0.15, 0.2) is 5.78 Å². The second-order valence-corrected chi connectivity index (χ2v) is 8.37. The molecule has 0 atom stereocenters. The van der Waals surface area contributed by atoms with Gasteiger partial charge < -0.3 is 14.0 Å². The van der Waals surface area contributed by atoms with Gasteiger partial charge in [0.05, 0.1) is 30.4 Å². The van der Waals surface area contributed by atoms with Crippen LogP contribution in [0.15, 0.2) is 36.4 Å². The summed E-state index contributed by atoms with van der Waals surface area (Å²) in [5.41, 5.74) is 4.11. The predicted octanol–water partition coefficient (Wildman–Crippen LogP) is 5.24. The van der Waals surface area contributed by atoms with E-state index in [4.69, 9.17) is 9.47 Å². The molecule has 0 N–H and O–H groups in total. The molecule has 31 heavy (non-hydrogen) atoms. The number of rotatable bonds is 2. The van der Waals surface area contributed by atoms with Crippen molar-refractivity contribution in [1.82, 2.24) is 4.57 Å². The van der Waals surface area contributed by atoms with E-state index in [-0.39, 0.29) is 18.9 Å². The molecule has 5 nitrogen and oxygen atoms in total. The van der Waals surface area contributed by atoms with Gasteiger partial charge in [0.2, 0.25) is 0 Å². The van der Waals surface area contributed by atoms with Gasteiger partial charge in [0, 0.05) is 17.0 Å². The minimum absolute atomic E-state index is 0.105. The number of fused-ring (bicyclic) bond motifs is 5. The molecule has 1 aliphatic carbocycles. The van der Waals surface area contributed by atoms with E-state index >= 15 is 0 Å². The van der Waals surface area contributed by atoms with Gasteiger partial charge in [-0.3, -0.25) is 4.79 Å². The van der Waals surface area contributed by atoms with Crippen LogP contribution in [0.5, 0.6) is 5.75 Å². The molecule has 0 bridgehead atoms. The van der Waals surface area contributed by atoms with Crippen LogP contribution in [0.25, 0.3) is 22.2 Å². The number of Topliss-reactive ketones (excluding diaryl/α,β-unsaturated/α-hetero) is 1. The lowest BCUT2D eigenvalue weighted by atomic mass is 9.81. The van der Waals surface area contributed by atoms with Crippen molar-refractivity contribution in [2.45, 2.75) is 44.6 Å². The Bertz CT molecular complexity index is 1190. The second kappa shape index (κ2) is 7.84. The molecular weight excluding hydrogens is 397 g/mol. The summed E-state index contributed by atoms with van der Waals surface area (Å²) in [5, 5.41) is 1.03. The minimum atomic E-state index is -0.417. The number of benzene rings is 2. The summed E-state index contributed by atoms with van der Waals surface area (Å²) >= 11 is 0. The van der Waals surface area contributed by atoms with Crippen molar-refractivity contribution < 1.29 is 23.5 Å². The van der Waals surface area contributed by atoms with Crippen LogP contribution in [0.4, 0.5) is 4.39 Å². The SMILES string of the molecule is COC(=O)c1ccc2c(C3CCCCC3)c3n(c2c1)CC(=O)COc1cc(F)ccc1-3. The molecule has 0 unspecified atom stereocenters. The first-order chi connectivity index (χ1) is 15.1. The molecule has 1 aliphatic heterocycles. The normalized spacial score (nSPS) is 16.8. The fourth-order valence-corrected chi connectivity index (χ4v) is 5.07. The molecule has 5 rings (SSSR count). The van der Waals surface area contributed by atoms with Crippen molar-refractivity contribution in [3.05, 3.63) is 53.3 Å². The molecule has 3 aromatic rings. The van der Waals surface area contributed by atoms with Crippen molar-refractivity contribution in [1.29, 1.82) is 0 Å². The Balaban J connectivity index is 1.85. The highest BCUT2D eigenvalue weighted by atomic mass is 19.1. The Morgan fingerprint density at radius 3 is 2.71 bits per heavy atom. The number of nitrogens with zero attached hydrogens (tertiary/aromatic N) is 1. The first kappa shape index (κ1) is 19.8. The molecular formula is C25H24FNO4. The van der Waals surface area contributed by atoms with E-state index in [1.165, 1.54) is 25.7 Å². The van der Waals surface area contributed by atoms with Crippen molar-refractivity contribution >= 4 is 22.7 Å². The van der Waals surface area contributed by atoms with Crippen LogP contribution in [-0.2, 0) is 16.1 Å². The third-order valence-corrected chi connectivity index (χ3v) is 6.46. The molecule has 0 spiro atoms. The van der Waals surface area contributed by atoms with Gasteiger partial charge in [0.25, 0.3) is 0 Å². The Morgan fingerprint density at radius 1 is 1.13 bits per heavy atom. The third-order valence-electron chi connectivity index (χ3n) is 6.46. The Hall–Kier alpha value is -3.15. The maximum absolute atomic E-state index is 14.0. The lowest BCUT2D eigenvalue weighted by molar-refractivity contribution is -0.121. The monoisotopic (exact) mass is 421 g/mol. The molecule has 0 radical (unpaired) electrons. The van der Waals surface area contributed by atoms with E-state index in [0.29, 0.717) is 17.2 Å². The number of carbonyl (C=O) groups is 2. The summed E-state index contributed by atoms with van der Waals surface area (Å²) in [4.78, 5) is 24.9. The highest BCUT2D eigenvalue weighted by Crippen LogP contribution is 2.46. The maximum Gasteiger partial charge on any atom is 0.337 e. The summed E-state index contributed by atoms with van der Waals surface area (Å²) < 4.78 is 26.6. The number of aromatic nitrogens is 1. The highest BCUT2D eigenvalue weighted by molar-refractivity contribution is 6.00. The van der Waals surface area contributed by atoms with Crippen LogP contribution in [0, 0.1) is 5.82 Å². The minimum Gasteiger partial charge on any atom is -0.485 e. The highest BCUT2D eigenvalue weighted by Gasteiger charge is 2.30. The lowest BCUT2D eigenvalue weighted by Gasteiger charge is -2.25. The van der Waals surface area contributed by atoms with E-state index in [2.05, 4.69) is 0 Å². The Kier molecular flexibility index (Phi) is 5.00. The average Bonchev–Trinajstić information content (AvgIpc) is 3.09. The van der Waals surface area contributed by atoms with E-state index in [0.717, 1.165) is 53.4 Å². The number of ketones is 1. The molecule has 0 saturated heterocycles. The smallest absolute Gasteiger partial charge is 0.337 e. The summed E-state index contributed by atoms with van der Waals surface area (Å²) in [6.07, 6.45) is 5.66. The Morgan fingerprint density at radius 2 is 1.94 bits per heavy atom. The lowest BCUT2D eigenvalue weighted by Crippen LogP contribution is -2.21. The fourth-order valence-electron chi connectivity index (χ4n) is 5.07. The van der Waals surface area contributed by atoms with Crippen LogP contribution in [0.1, 0.15) is 53.9 Å². The molecule has 2 aliphatic rings. The molecule has 160 valence electrons. The molecule has 2 heterocycles. The first-order valence-electron chi connectivity index (χ1n) is 10.8. The molecule has 0 amide bonds. The predicted molar refractivity (Wildman–Crippen MR) is 115 cm³/mol.